The first-order valence-corrected chi connectivity index (χ1v) is 6.94. The Morgan fingerprint density at radius 3 is 2.75 bits per heavy atom. The molecule has 1 unspecified atom stereocenters. The van der Waals surface area contributed by atoms with Gasteiger partial charge in [0.05, 0.1) is 0 Å². The van der Waals surface area contributed by atoms with Crippen LogP contribution in [0.5, 0.6) is 0 Å². The fourth-order valence-corrected chi connectivity index (χ4v) is 3.40. The van der Waals surface area contributed by atoms with E-state index in [1.165, 1.54) is 17.9 Å². The maximum absolute atomic E-state index is 6.09. The maximum atomic E-state index is 6.09. The van der Waals surface area contributed by atoms with Crippen molar-refractivity contribution >= 4 is 29.2 Å². The summed E-state index contributed by atoms with van der Waals surface area (Å²) in [7, 11) is 2.10. The van der Waals surface area contributed by atoms with Crippen LogP contribution in [0.25, 0.3) is 0 Å². The Hall–Kier alpha value is -0.480. The van der Waals surface area contributed by atoms with Gasteiger partial charge in [-0.05, 0) is 26.0 Å². The average Bonchev–Trinajstić information content (AvgIpc) is 2.75. The maximum Gasteiger partial charge on any atom is 0.137 e. The first-order chi connectivity index (χ1) is 7.59. The topological polar surface area (TPSA) is 29.0 Å². The SMILES string of the molecule is Cc1nc(Cl)c(C)c(N(C)C2CCSC2)n1. The van der Waals surface area contributed by atoms with Crippen LogP contribution in [0, 0.1) is 13.8 Å². The van der Waals surface area contributed by atoms with Crippen LogP contribution in [0.4, 0.5) is 5.82 Å². The molecule has 1 atom stereocenters. The summed E-state index contributed by atoms with van der Waals surface area (Å²) in [4.78, 5) is 10.9. The first kappa shape index (κ1) is 12.0. The number of halogens is 1. The highest BCUT2D eigenvalue weighted by Crippen LogP contribution is 2.28. The van der Waals surface area contributed by atoms with Crippen molar-refractivity contribution in [3.8, 4) is 0 Å². The lowest BCUT2D eigenvalue weighted by Gasteiger charge is -2.26. The van der Waals surface area contributed by atoms with Crippen molar-refractivity contribution in [2.24, 2.45) is 0 Å². The summed E-state index contributed by atoms with van der Waals surface area (Å²) >= 11 is 8.09. The Labute approximate surface area is 106 Å². The van der Waals surface area contributed by atoms with Crippen molar-refractivity contribution in [2.45, 2.75) is 26.3 Å². The van der Waals surface area contributed by atoms with Crippen molar-refractivity contribution in [1.82, 2.24) is 9.97 Å². The molecule has 2 rings (SSSR count). The summed E-state index contributed by atoms with van der Waals surface area (Å²) < 4.78 is 0. The monoisotopic (exact) mass is 257 g/mol. The van der Waals surface area contributed by atoms with Crippen molar-refractivity contribution < 1.29 is 0 Å². The van der Waals surface area contributed by atoms with E-state index in [9.17, 15) is 0 Å². The summed E-state index contributed by atoms with van der Waals surface area (Å²) in [5.41, 5.74) is 0.978. The molecule has 16 heavy (non-hydrogen) atoms. The number of aryl methyl sites for hydroxylation is 1. The quantitative estimate of drug-likeness (QED) is 0.762. The van der Waals surface area contributed by atoms with Crippen LogP contribution in [-0.2, 0) is 0 Å². The summed E-state index contributed by atoms with van der Waals surface area (Å²) in [6.07, 6.45) is 1.22. The second kappa shape index (κ2) is 4.80. The van der Waals surface area contributed by atoms with Crippen molar-refractivity contribution in [3.05, 3.63) is 16.5 Å². The van der Waals surface area contributed by atoms with Crippen LogP contribution in [0.3, 0.4) is 0 Å². The highest BCUT2D eigenvalue weighted by molar-refractivity contribution is 7.99. The minimum atomic E-state index is 0.569. The van der Waals surface area contributed by atoms with Crippen LogP contribution in [-0.4, -0.2) is 34.6 Å². The minimum absolute atomic E-state index is 0.569. The Morgan fingerprint density at radius 1 is 1.38 bits per heavy atom. The predicted molar refractivity (Wildman–Crippen MR) is 70.6 cm³/mol. The molecule has 0 aromatic carbocycles. The molecule has 5 heteroatoms. The number of anilines is 1. The fourth-order valence-electron chi connectivity index (χ4n) is 1.92. The van der Waals surface area contributed by atoms with Crippen molar-refractivity contribution in [3.63, 3.8) is 0 Å². The Balaban J connectivity index is 2.31. The fraction of sp³-hybridized carbons (Fsp3) is 0.636. The van der Waals surface area contributed by atoms with E-state index >= 15 is 0 Å². The zero-order valence-electron chi connectivity index (χ0n) is 9.83. The van der Waals surface area contributed by atoms with Crippen LogP contribution in [0.1, 0.15) is 17.8 Å². The second-order valence-electron chi connectivity index (χ2n) is 4.14. The molecule has 0 amide bonds. The summed E-state index contributed by atoms with van der Waals surface area (Å²) in [6, 6.07) is 0.578. The van der Waals surface area contributed by atoms with E-state index in [4.69, 9.17) is 11.6 Å². The molecule has 1 aromatic rings. The van der Waals surface area contributed by atoms with Gasteiger partial charge in [0, 0.05) is 24.4 Å². The van der Waals surface area contributed by atoms with E-state index in [1.54, 1.807) is 0 Å². The molecule has 1 fully saturated rings. The number of hydrogen-bond acceptors (Lipinski definition) is 4. The molecule has 1 aliphatic heterocycles. The Bertz CT molecular complexity index is 391. The largest absolute Gasteiger partial charge is 0.355 e. The van der Waals surface area contributed by atoms with E-state index in [2.05, 4.69) is 21.9 Å². The van der Waals surface area contributed by atoms with Gasteiger partial charge in [-0.15, -0.1) is 0 Å². The van der Waals surface area contributed by atoms with Gasteiger partial charge in [0.1, 0.15) is 16.8 Å². The molecule has 1 aliphatic rings. The normalized spacial score (nSPS) is 20.1. The molecule has 0 saturated carbocycles. The third kappa shape index (κ3) is 2.28. The third-order valence-electron chi connectivity index (χ3n) is 2.96. The average molecular weight is 258 g/mol. The lowest BCUT2D eigenvalue weighted by atomic mass is 10.2. The van der Waals surface area contributed by atoms with Gasteiger partial charge in [-0.25, -0.2) is 9.97 Å². The van der Waals surface area contributed by atoms with Gasteiger partial charge in [0.15, 0.2) is 0 Å². The van der Waals surface area contributed by atoms with Crippen LogP contribution in [0.2, 0.25) is 5.15 Å². The summed E-state index contributed by atoms with van der Waals surface area (Å²) in [5.74, 6) is 4.13. The smallest absolute Gasteiger partial charge is 0.137 e. The van der Waals surface area contributed by atoms with Crippen molar-refractivity contribution in [1.29, 1.82) is 0 Å². The standard InChI is InChI=1S/C11H16ClN3S/c1-7-10(12)13-8(2)14-11(7)15(3)9-4-5-16-6-9/h9H,4-6H2,1-3H3. The Kier molecular flexibility index (Phi) is 3.60. The van der Waals surface area contributed by atoms with E-state index in [-0.39, 0.29) is 0 Å². The van der Waals surface area contributed by atoms with Crippen LogP contribution in [0.15, 0.2) is 0 Å². The molecule has 0 N–H and O–H groups in total. The second-order valence-corrected chi connectivity index (χ2v) is 5.65. The molecule has 1 saturated heterocycles. The van der Waals surface area contributed by atoms with Gasteiger partial charge in [-0.1, -0.05) is 11.6 Å². The molecule has 88 valence electrons. The molecule has 0 bridgehead atoms. The van der Waals surface area contributed by atoms with E-state index < -0.39 is 0 Å². The lowest BCUT2D eigenvalue weighted by molar-refractivity contribution is 0.686. The molecule has 2 heterocycles. The highest BCUT2D eigenvalue weighted by Gasteiger charge is 2.23. The van der Waals surface area contributed by atoms with Gasteiger partial charge >= 0.3 is 0 Å². The van der Waals surface area contributed by atoms with Gasteiger partial charge < -0.3 is 4.90 Å². The van der Waals surface area contributed by atoms with Crippen molar-refractivity contribution in [2.75, 3.05) is 23.5 Å². The summed E-state index contributed by atoms with van der Waals surface area (Å²) in [6.45, 7) is 3.86. The molecule has 3 nitrogen and oxygen atoms in total. The van der Waals surface area contributed by atoms with E-state index in [0.29, 0.717) is 11.2 Å². The molecule has 1 aromatic heterocycles. The number of aromatic nitrogens is 2. The van der Waals surface area contributed by atoms with Crippen LogP contribution >= 0.6 is 23.4 Å². The van der Waals surface area contributed by atoms with Gasteiger partial charge in [-0.2, -0.15) is 11.8 Å². The molecular weight excluding hydrogens is 242 g/mol. The molecular formula is C11H16ClN3S. The minimum Gasteiger partial charge on any atom is -0.355 e. The molecule has 0 aliphatic carbocycles. The number of hydrogen-bond donors (Lipinski definition) is 0. The lowest BCUT2D eigenvalue weighted by Crippen LogP contribution is -2.32. The Morgan fingerprint density at radius 2 is 2.12 bits per heavy atom. The van der Waals surface area contributed by atoms with Gasteiger partial charge in [0.2, 0.25) is 0 Å². The zero-order chi connectivity index (χ0) is 11.7. The highest BCUT2D eigenvalue weighted by atomic mass is 35.5. The molecule has 0 radical (unpaired) electrons. The zero-order valence-corrected chi connectivity index (χ0v) is 11.4. The van der Waals surface area contributed by atoms with E-state index in [0.717, 1.165) is 17.2 Å². The van der Waals surface area contributed by atoms with Gasteiger partial charge in [-0.3, -0.25) is 0 Å². The number of thioether (sulfide) groups is 1. The number of nitrogens with zero attached hydrogens (tertiary/aromatic N) is 3. The summed E-state index contributed by atoms with van der Waals surface area (Å²) in [5, 5.41) is 0.569. The predicted octanol–water partition coefficient (Wildman–Crippen LogP) is 2.69. The first-order valence-electron chi connectivity index (χ1n) is 5.41. The van der Waals surface area contributed by atoms with Gasteiger partial charge in [0.25, 0.3) is 0 Å². The molecule has 0 spiro atoms. The van der Waals surface area contributed by atoms with Crippen LogP contribution < -0.4 is 4.90 Å². The van der Waals surface area contributed by atoms with E-state index in [1.807, 2.05) is 25.6 Å². The number of rotatable bonds is 2. The third-order valence-corrected chi connectivity index (χ3v) is 4.47.